The normalized spacial score (nSPS) is 50.3. The molecule has 0 aromatic heterocycles. The molecule has 3 aliphatic carbocycles. The van der Waals surface area contributed by atoms with E-state index >= 15 is 0 Å². The van der Waals surface area contributed by atoms with Gasteiger partial charge in [-0.15, -0.1) is 0 Å². The maximum atomic E-state index is 12.7. The molecule has 4 nitrogen and oxygen atoms in total. The van der Waals surface area contributed by atoms with Gasteiger partial charge in [-0.25, -0.2) is 4.79 Å². The Bertz CT molecular complexity index is 684. The average molecular weight is 360 g/mol. The lowest BCUT2D eigenvalue weighted by Gasteiger charge is -2.67. The fourth-order valence-electron chi connectivity index (χ4n) is 7.73. The Morgan fingerprint density at radius 3 is 2.50 bits per heavy atom. The molecule has 0 aromatic carbocycles. The van der Waals surface area contributed by atoms with E-state index in [-0.39, 0.29) is 28.4 Å². The first kappa shape index (κ1) is 18.1. The van der Waals surface area contributed by atoms with E-state index in [4.69, 9.17) is 9.47 Å². The van der Waals surface area contributed by atoms with Crippen LogP contribution in [0, 0.1) is 28.1 Å². The van der Waals surface area contributed by atoms with Gasteiger partial charge in [-0.2, -0.15) is 0 Å². The maximum absolute atomic E-state index is 12.7. The highest BCUT2D eigenvalue weighted by molar-refractivity contribution is 5.91. The van der Waals surface area contributed by atoms with Gasteiger partial charge in [0.15, 0.2) is 0 Å². The zero-order chi connectivity index (χ0) is 19.0. The monoisotopic (exact) mass is 360 g/mol. The topological polar surface area (TPSA) is 52.6 Å². The first-order chi connectivity index (χ1) is 12.1. The molecule has 4 rings (SSSR count). The van der Waals surface area contributed by atoms with Gasteiger partial charge in [0.05, 0.1) is 12.5 Å². The molecule has 0 amide bonds. The molecule has 0 N–H and O–H groups in total. The molecule has 144 valence electrons. The van der Waals surface area contributed by atoms with Gasteiger partial charge in [0, 0.05) is 11.0 Å². The maximum Gasteiger partial charge on any atom is 0.334 e. The van der Waals surface area contributed by atoms with Gasteiger partial charge < -0.3 is 9.47 Å². The Kier molecular flexibility index (Phi) is 3.72. The zero-order valence-electron chi connectivity index (χ0n) is 16.7. The minimum absolute atomic E-state index is 0.0430. The molecule has 6 atom stereocenters. The smallest absolute Gasteiger partial charge is 0.334 e. The number of carbonyl (C=O) groups excluding carboxylic acids is 2. The summed E-state index contributed by atoms with van der Waals surface area (Å²) in [7, 11) is 1.51. The van der Waals surface area contributed by atoms with E-state index in [0.29, 0.717) is 17.4 Å². The minimum Gasteiger partial charge on any atom is -0.469 e. The van der Waals surface area contributed by atoms with Gasteiger partial charge in [0.1, 0.15) is 5.60 Å². The summed E-state index contributed by atoms with van der Waals surface area (Å²) in [6.07, 6.45) is 7.82. The van der Waals surface area contributed by atoms with Gasteiger partial charge in [-0.05, 0) is 76.0 Å². The fraction of sp³-hybridized carbons (Fsp3) is 0.818. The van der Waals surface area contributed by atoms with Crippen molar-refractivity contribution in [3.8, 4) is 0 Å². The fourth-order valence-corrected chi connectivity index (χ4v) is 7.73. The standard InChI is InChI=1S/C22H32O4/c1-14-17(23)26-19(2)11-7-16-20(3)9-6-10-21(4,18(24)25-5)15(20)8-12-22(14,16)13-19/h15-16H,1,6-13H2,2-5H3/t15-,16-,19-,20+,21+,22+/m0/s1. The number of fused-ring (bicyclic) bond motifs is 3. The van der Waals surface area contributed by atoms with E-state index in [1.807, 2.05) is 0 Å². The predicted molar refractivity (Wildman–Crippen MR) is 98.2 cm³/mol. The quantitative estimate of drug-likeness (QED) is 0.513. The van der Waals surface area contributed by atoms with Crippen molar-refractivity contribution < 1.29 is 19.1 Å². The van der Waals surface area contributed by atoms with Gasteiger partial charge in [-0.1, -0.05) is 19.9 Å². The second-order valence-electron chi connectivity index (χ2n) is 10.1. The summed E-state index contributed by atoms with van der Waals surface area (Å²) in [5.74, 6) is 0.442. The summed E-state index contributed by atoms with van der Waals surface area (Å²) < 4.78 is 11.0. The van der Waals surface area contributed by atoms with Crippen molar-refractivity contribution in [3.63, 3.8) is 0 Å². The van der Waals surface area contributed by atoms with Crippen molar-refractivity contribution in [2.75, 3.05) is 7.11 Å². The molecule has 1 saturated heterocycles. The van der Waals surface area contributed by atoms with Crippen molar-refractivity contribution >= 4 is 11.9 Å². The molecule has 3 saturated carbocycles. The summed E-state index contributed by atoms with van der Waals surface area (Å²) in [6, 6.07) is 0. The lowest BCUT2D eigenvalue weighted by molar-refractivity contribution is -0.214. The third kappa shape index (κ3) is 2.07. The van der Waals surface area contributed by atoms with Crippen LogP contribution in [0.2, 0.25) is 0 Å². The first-order valence-corrected chi connectivity index (χ1v) is 10.1. The van der Waals surface area contributed by atoms with Crippen LogP contribution in [-0.2, 0) is 19.1 Å². The molecule has 4 fully saturated rings. The second kappa shape index (κ2) is 5.36. The third-order valence-corrected chi connectivity index (χ3v) is 8.81. The van der Waals surface area contributed by atoms with E-state index in [0.717, 1.165) is 51.4 Å². The number of methoxy groups -OCH3 is 1. The zero-order valence-corrected chi connectivity index (χ0v) is 16.7. The Balaban J connectivity index is 1.78. The van der Waals surface area contributed by atoms with Crippen LogP contribution in [0.3, 0.4) is 0 Å². The SMILES string of the molecule is C=C1C(=O)O[C@@]2(C)CC[C@@H]3[C@]1(CC[C@H]1[C@@]3(C)CCC[C@@]1(C)C(=O)OC)C2. The Hall–Kier alpha value is -1.32. The molecule has 2 bridgehead atoms. The van der Waals surface area contributed by atoms with Crippen molar-refractivity contribution in [1.82, 2.24) is 0 Å². The lowest BCUT2D eigenvalue weighted by atomic mass is 9.38. The van der Waals surface area contributed by atoms with Crippen LogP contribution in [0.15, 0.2) is 12.2 Å². The highest BCUT2D eigenvalue weighted by atomic mass is 16.6. The Morgan fingerprint density at radius 2 is 1.81 bits per heavy atom. The van der Waals surface area contributed by atoms with E-state index in [1.165, 1.54) is 7.11 Å². The van der Waals surface area contributed by atoms with Gasteiger partial charge >= 0.3 is 11.9 Å². The van der Waals surface area contributed by atoms with E-state index < -0.39 is 5.41 Å². The Labute approximate surface area is 156 Å². The number of rotatable bonds is 1. The average Bonchev–Trinajstić information content (AvgIpc) is 2.58. The van der Waals surface area contributed by atoms with Crippen LogP contribution in [0.25, 0.3) is 0 Å². The molecule has 0 radical (unpaired) electrons. The van der Waals surface area contributed by atoms with Crippen molar-refractivity contribution in [3.05, 3.63) is 12.2 Å². The largest absolute Gasteiger partial charge is 0.469 e. The first-order valence-electron chi connectivity index (χ1n) is 10.1. The van der Waals surface area contributed by atoms with E-state index in [9.17, 15) is 9.59 Å². The summed E-state index contributed by atoms with van der Waals surface area (Å²) >= 11 is 0. The number of ether oxygens (including phenoxy) is 2. The molecule has 1 heterocycles. The van der Waals surface area contributed by atoms with E-state index in [1.54, 1.807) is 0 Å². The predicted octanol–water partition coefficient (Wildman–Crippen LogP) is 4.42. The minimum atomic E-state index is -0.416. The molecule has 4 aliphatic rings. The van der Waals surface area contributed by atoms with Crippen molar-refractivity contribution in [2.45, 2.75) is 77.7 Å². The third-order valence-electron chi connectivity index (χ3n) is 8.81. The molecule has 1 spiro atoms. The van der Waals surface area contributed by atoms with Gasteiger partial charge in [0.25, 0.3) is 0 Å². The molecule has 0 aromatic rings. The van der Waals surface area contributed by atoms with Crippen LogP contribution in [0.4, 0.5) is 0 Å². The number of esters is 2. The van der Waals surface area contributed by atoms with Crippen molar-refractivity contribution in [1.29, 1.82) is 0 Å². The molecule has 0 unspecified atom stereocenters. The molecule has 26 heavy (non-hydrogen) atoms. The number of hydrogen-bond acceptors (Lipinski definition) is 4. The van der Waals surface area contributed by atoms with Gasteiger partial charge in [0.2, 0.25) is 0 Å². The van der Waals surface area contributed by atoms with Crippen LogP contribution in [-0.4, -0.2) is 24.6 Å². The second-order valence-corrected chi connectivity index (χ2v) is 10.1. The molecular weight excluding hydrogens is 328 g/mol. The number of carbonyl (C=O) groups is 2. The Morgan fingerprint density at radius 1 is 1.12 bits per heavy atom. The van der Waals surface area contributed by atoms with E-state index in [2.05, 4.69) is 27.4 Å². The molecule has 1 aliphatic heterocycles. The van der Waals surface area contributed by atoms with Crippen LogP contribution < -0.4 is 0 Å². The summed E-state index contributed by atoms with van der Waals surface area (Å²) in [5.41, 5.74) is -0.188. The number of hydrogen-bond donors (Lipinski definition) is 0. The van der Waals surface area contributed by atoms with Crippen LogP contribution >= 0.6 is 0 Å². The highest BCUT2D eigenvalue weighted by Crippen LogP contribution is 2.71. The summed E-state index contributed by atoms with van der Waals surface area (Å²) in [4.78, 5) is 25.3. The van der Waals surface area contributed by atoms with Crippen molar-refractivity contribution in [2.24, 2.45) is 28.1 Å². The van der Waals surface area contributed by atoms with Crippen LogP contribution in [0.5, 0.6) is 0 Å². The highest BCUT2D eigenvalue weighted by Gasteiger charge is 2.68. The van der Waals surface area contributed by atoms with Crippen LogP contribution in [0.1, 0.15) is 72.1 Å². The summed E-state index contributed by atoms with van der Waals surface area (Å²) in [6.45, 7) is 10.8. The lowest BCUT2D eigenvalue weighted by Crippen LogP contribution is -2.64. The summed E-state index contributed by atoms with van der Waals surface area (Å²) in [5, 5.41) is 0. The van der Waals surface area contributed by atoms with Gasteiger partial charge in [-0.3, -0.25) is 4.79 Å². The molecule has 4 heteroatoms. The molecular formula is C22H32O4.